The number of hydrogen-bond acceptors (Lipinski definition) is 5. The maximum Gasteiger partial charge on any atom is 0.210 e. The van der Waals surface area contributed by atoms with E-state index in [-0.39, 0.29) is 11.6 Å². The highest BCUT2D eigenvalue weighted by Crippen LogP contribution is 2.39. The van der Waals surface area contributed by atoms with Crippen molar-refractivity contribution in [2.75, 3.05) is 21.3 Å². The lowest BCUT2D eigenvalue weighted by molar-refractivity contribution is 0.101. The number of carbonyl (C=O) groups excluding carboxylic acids is 2. The zero-order valence-electron chi connectivity index (χ0n) is 17.2. The van der Waals surface area contributed by atoms with Crippen molar-refractivity contribution in [2.24, 2.45) is 0 Å². The van der Waals surface area contributed by atoms with E-state index in [0.29, 0.717) is 34.1 Å². The number of pyridine rings is 1. The number of ketones is 2. The maximum absolute atomic E-state index is 13.5. The van der Waals surface area contributed by atoms with Crippen LogP contribution in [0.1, 0.15) is 33.3 Å². The lowest BCUT2D eigenvalue weighted by Gasteiger charge is -2.13. The summed E-state index contributed by atoms with van der Waals surface area (Å²) >= 11 is 0. The summed E-state index contributed by atoms with van der Waals surface area (Å²) in [5.41, 5.74) is 1.97. The number of carbonyl (C=O) groups is 2. The van der Waals surface area contributed by atoms with Crippen molar-refractivity contribution in [3.63, 3.8) is 0 Å². The van der Waals surface area contributed by atoms with Crippen LogP contribution in [0.25, 0.3) is 16.3 Å². The first-order valence-electron chi connectivity index (χ1n) is 9.38. The molecule has 0 fully saturated rings. The third kappa shape index (κ3) is 2.97. The van der Waals surface area contributed by atoms with Crippen LogP contribution in [0.5, 0.6) is 17.2 Å². The predicted molar refractivity (Wildman–Crippen MR) is 114 cm³/mol. The number of aromatic nitrogens is 1. The summed E-state index contributed by atoms with van der Waals surface area (Å²) < 4.78 is 17.9. The van der Waals surface area contributed by atoms with E-state index in [2.05, 4.69) is 0 Å². The highest BCUT2D eigenvalue weighted by atomic mass is 16.5. The van der Waals surface area contributed by atoms with Gasteiger partial charge < -0.3 is 18.6 Å². The monoisotopic (exact) mass is 403 g/mol. The average molecular weight is 403 g/mol. The molecule has 0 N–H and O–H groups in total. The molecule has 0 saturated carbocycles. The molecule has 2 aromatic carbocycles. The van der Waals surface area contributed by atoms with Crippen LogP contribution in [0.4, 0.5) is 0 Å². The molecule has 30 heavy (non-hydrogen) atoms. The first-order valence-corrected chi connectivity index (χ1v) is 9.38. The van der Waals surface area contributed by atoms with Crippen LogP contribution in [0.15, 0.2) is 54.7 Å². The van der Waals surface area contributed by atoms with Crippen LogP contribution in [0, 0.1) is 0 Å². The van der Waals surface area contributed by atoms with Crippen LogP contribution >= 0.6 is 0 Å². The Hall–Kier alpha value is -3.80. The number of rotatable bonds is 6. The number of benzene rings is 2. The molecular formula is C24H21NO5. The largest absolute Gasteiger partial charge is 0.493 e. The third-order valence-corrected chi connectivity index (χ3v) is 5.19. The first kappa shape index (κ1) is 19.5. The van der Waals surface area contributed by atoms with Crippen LogP contribution in [-0.2, 0) is 0 Å². The minimum absolute atomic E-state index is 0.104. The fourth-order valence-corrected chi connectivity index (χ4v) is 3.77. The molecule has 152 valence electrons. The molecule has 0 bridgehead atoms. The van der Waals surface area contributed by atoms with Gasteiger partial charge in [0, 0.05) is 22.7 Å². The highest BCUT2D eigenvalue weighted by Gasteiger charge is 2.23. The summed E-state index contributed by atoms with van der Waals surface area (Å²) in [6.07, 6.45) is 1.81. The second kappa shape index (κ2) is 7.55. The van der Waals surface area contributed by atoms with Crippen LogP contribution in [-0.4, -0.2) is 37.3 Å². The van der Waals surface area contributed by atoms with E-state index in [1.807, 2.05) is 36.5 Å². The molecule has 2 aromatic heterocycles. The predicted octanol–water partition coefficient (Wildman–Crippen LogP) is 4.55. The van der Waals surface area contributed by atoms with Gasteiger partial charge in [0.15, 0.2) is 17.3 Å². The molecule has 0 aliphatic carbocycles. The number of nitrogens with zero attached hydrogens (tertiary/aromatic N) is 1. The summed E-state index contributed by atoms with van der Waals surface area (Å²) in [4.78, 5) is 25.9. The van der Waals surface area contributed by atoms with Crippen LogP contribution in [0.3, 0.4) is 0 Å². The molecule has 0 unspecified atom stereocenters. The molecule has 0 radical (unpaired) electrons. The lowest BCUT2D eigenvalue weighted by Crippen LogP contribution is -2.07. The van der Waals surface area contributed by atoms with E-state index in [4.69, 9.17) is 14.2 Å². The number of ether oxygens (including phenoxy) is 3. The molecule has 0 amide bonds. The molecule has 0 spiro atoms. The molecule has 6 nitrogen and oxygen atoms in total. The summed E-state index contributed by atoms with van der Waals surface area (Å²) in [6, 6.07) is 14.6. The molecule has 0 aliphatic heterocycles. The summed E-state index contributed by atoms with van der Waals surface area (Å²) in [5, 5.41) is 1.91. The lowest BCUT2D eigenvalue weighted by atomic mass is 10.1. The molecule has 0 aliphatic rings. The molecule has 2 heterocycles. The highest BCUT2D eigenvalue weighted by molar-refractivity contribution is 6.16. The van der Waals surface area contributed by atoms with Crippen molar-refractivity contribution in [3.05, 3.63) is 71.5 Å². The molecular weight excluding hydrogens is 382 g/mol. The summed E-state index contributed by atoms with van der Waals surface area (Å²) in [7, 11) is 4.50. The Bertz CT molecular complexity index is 1280. The smallest absolute Gasteiger partial charge is 0.210 e. The Balaban J connectivity index is 1.97. The molecule has 4 rings (SSSR count). The fraction of sp³-hybridized carbons (Fsp3) is 0.167. The Morgan fingerprint density at radius 2 is 1.53 bits per heavy atom. The zero-order chi connectivity index (χ0) is 21.4. The van der Waals surface area contributed by atoms with E-state index >= 15 is 0 Å². The Labute approximate surface area is 173 Å². The van der Waals surface area contributed by atoms with Crippen LogP contribution in [0.2, 0.25) is 0 Å². The van der Waals surface area contributed by atoms with Gasteiger partial charge >= 0.3 is 0 Å². The Kier molecular flexibility index (Phi) is 4.91. The van der Waals surface area contributed by atoms with Crippen molar-refractivity contribution in [1.82, 2.24) is 4.40 Å². The van der Waals surface area contributed by atoms with Gasteiger partial charge in [-0.05, 0) is 36.6 Å². The van der Waals surface area contributed by atoms with Crippen molar-refractivity contribution in [2.45, 2.75) is 6.92 Å². The number of hydrogen-bond donors (Lipinski definition) is 0. The van der Waals surface area contributed by atoms with E-state index in [9.17, 15) is 9.59 Å². The second-order valence-corrected chi connectivity index (χ2v) is 6.86. The topological polar surface area (TPSA) is 66.2 Å². The first-order chi connectivity index (χ1) is 14.5. The zero-order valence-corrected chi connectivity index (χ0v) is 17.2. The van der Waals surface area contributed by atoms with Crippen molar-refractivity contribution < 1.29 is 23.8 Å². The van der Waals surface area contributed by atoms with E-state index in [1.165, 1.54) is 28.3 Å². The standard InChI is InChI=1S/C24H21NO5/c1-14(26)18-13-19(25-10-9-15-7-5-6-8-17(15)22(18)25)23(27)16-11-20(28-2)24(30-4)21(12-16)29-3/h5-13H,1-4H3. The average Bonchev–Trinajstić information content (AvgIpc) is 3.18. The van der Waals surface area contributed by atoms with Gasteiger partial charge in [0.1, 0.15) is 0 Å². The number of methoxy groups -OCH3 is 3. The van der Waals surface area contributed by atoms with Crippen LogP contribution < -0.4 is 14.2 Å². The minimum Gasteiger partial charge on any atom is -0.493 e. The van der Waals surface area contributed by atoms with E-state index in [1.54, 1.807) is 22.6 Å². The van der Waals surface area contributed by atoms with Gasteiger partial charge in [-0.1, -0.05) is 24.3 Å². The van der Waals surface area contributed by atoms with Crippen molar-refractivity contribution in [3.8, 4) is 17.2 Å². The van der Waals surface area contributed by atoms with Gasteiger partial charge in [-0.3, -0.25) is 9.59 Å². The Morgan fingerprint density at radius 1 is 0.867 bits per heavy atom. The second-order valence-electron chi connectivity index (χ2n) is 6.86. The molecule has 4 aromatic rings. The van der Waals surface area contributed by atoms with E-state index in [0.717, 1.165) is 16.3 Å². The third-order valence-electron chi connectivity index (χ3n) is 5.19. The molecule has 6 heteroatoms. The van der Waals surface area contributed by atoms with Gasteiger partial charge in [-0.15, -0.1) is 0 Å². The SMILES string of the molecule is COc1cc(C(=O)c2cc(C(C)=O)c3c4ccccc4ccn23)cc(OC)c1OC. The van der Waals surface area contributed by atoms with Gasteiger partial charge in [-0.2, -0.15) is 0 Å². The number of fused-ring (bicyclic) bond motifs is 3. The Morgan fingerprint density at radius 3 is 2.13 bits per heavy atom. The summed E-state index contributed by atoms with van der Waals surface area (Å²) in [5.74, 6) is 0.823. The fourth-order valence-electron chi connectivity index (χ4n) is 3.77. The van der Waals surface area contributed by atoms with Gasteiger partial charge in [0.2, 0.25) is 11.5 Å². The maximum atomic E-state index is 13.5. The van der Waals surface area contributed by atoms with Crippen molar-refractivity contribution in [1.29, 1.82) is 0 Å². The quantitative estimate of drug-likeness (QED) is 0.442. The van der Waals surface area contributed by atoms with Crippen molar-refractivity contribution >= 4 is 27.9 Å². The molecule has 0 atom stereocenters. The number of Topliss-reactive ketones (excluding diaryl/α,β-unsaturated/α-hetero) is 1. The molecule has 0 saturated heterocycles. The van der Waals surface area contributed by atoms with Gasteiger partial charge in [0.25, 0.3) is 0 Å². The van der Waals surface area contributed by atoms with Gasteiger partial charge in [-0.25, -0.2) is 0 Å². The minimum atomic E-state index is -0.257. The van der Waals surface area contributed by atoms with Gasteiger partial charge in [0.05, 0.1) is 32.5 Å². The van der Waals surface area contributed by atoms with E-state index < -0.39 is 0 Å². The summed E-state index contributed by atoms with van der Waals surface area (Å²) in [6.45, 7) is 1.50. The normalized spacial score (nSPS) is 10.9.